The Kier molecular flexibility index (Phi) is 2.51. The van der Waals surface area contributed by atoms with Gasteiger partial charge in [-0.3, -0.25) is 9.59 Å². The van der Waals surface area contributed by atoms with Crippen molar-refractivity contribution < 1.29 is 9.90 Å². The zero-order valence-corrected chi connectivity index (χ0v) is 7.57. The summed E-state index contributed by atoms with van der Waals surface area (Å²) in [5.74, 6) is -1.01. The smallest absolute Gasteiger partial charge is 0.323 e. The summed E-state index contributed by atoms with van der Waals surface area (Å²) in [5.41, 5.74) is 1.26. The molecule has 0 aromatic carbocycles. The van der Waals surface area contributed by atoms with Crippen LogP contribution in [0.25, 0.3) is 0 Å². The van der Waals surface area contributed by atoms with E-state index in [-0.39, 0.29) is 12.1 Å². The molecule has 0 aliphatic carbocycles. The lowest BCUT2D eigenvalue weighted by Crippen LogP contribution is -2.25. The monoisotopic (exact) mass is 181 g/mol. The maximum Gasteiger partial charge on any atom is 0.323 e. The lowest BCUT2D eigenvalue weighted by molar-refractivity contribution is -0.137. The second kappa shape index (κ2) is 3.43. The second-order valence-electron chi connectivity index (χ2n) is 2.99. The second-order valence-corrected chi connectivity index (χ2v) is 2.99. The molecule has 0 saturated heterocycles. The molecule has 0 unspecified atom stereocenters. The highest BCUT2D eigenvalue weighted by molar-refractivity contribution is 5.66. The fraction of sp³-hybridized carbons (Fsp3) is 0.333. The largest absolute Gasteiger partial charge is 0.480 e. The first-order chi connectivity index (χ1) is 6.00. The van der Waals surface area contributed by atoms with Crippen molar-refractivity contribution in [2.45, 2.75) is 20.4 Å². The van der Waals surface area contributed by atoms with Crippen molar-refractivity contribution in [3.8, 4) is 0 Å². The van der Waals surface area contributed by atoms with E-state index in [9.17, 15) is 9.59 Å². The van der Waals surface area contributed by atoms with Gasteiger partial charge in [0.25, 0.3) is 5.56 Å². The molecule has 0 spiro atoms. The van der Waals surface area contributed by atoms with E-state index in [1.54, 1.807) is 19.9 Å². The van der Waals surface area contributed by atoms with E-state index in [0.29, 0.717) is 5.69 Å². The molecule has 1 aromatic heterocycles. The molecule has 1 aromatic rings. The van der Waals surface area contributed by atoms with E-state index in [0.717, 1.165) is 5.56 Å². The van der Waals surface area contributed by atoms with E-state index in [1.165, 1.54) is 10.6 Å². The minimum Gasteiger partial charge on any atom is -0.480 e. The first-order valence-corrected chi connectivity index (χ1v) is 3.90. The first-order valence-electron chi connectivity index (χ1n) is 3.90. The number of carboxylic acid groups (broad SMARTS) is 1. The summed E-state index contributed by atoms with van der Waals surface area (Å²) in [6.45, 7) is 3.25. The summed E-state index contributed by atoms with van der Waals surface area (Å²) in [6, 6.07) is 3.21. The van der Waals surface area contributed by atoms with Gasteiger partial charge in [-0.05, 0) is 25.5 Å². The Labute approximate surface area is 75.4 Å². The van der Waals surface area contributed by atoms with Crippen LogP contribution in [-0.4, -0.2) is 15.6 Å². The molecule has 0 atom stereocenters. The molecule has 0 saturated carbocycles. The highest BCUT2D eigenvalue weighted by Gasteiger charge is 2.04. The number of hydrogen-bond donors (Lipinski definition) is 1. The molecular weight excluding hydrogens is 170 g/mol. The molecule has 1 N–H and O–H groups in total. The van der Waals surface area contributed by atoms with Crippen LogP contribution in [0.4, 0.5) is 0 Å². The van der Waals surface area contributed by atoms with Crippen molar-refractivity contribution in [1.29, 1.82) is 0 Å². The van der Waals surface area contributed by atoms with Gasteiger partial charge in [-0.15, -0.1) is 0 Å². The number of carbonyl (C=O) groups is 1. The number of nitrogens with zero attached hydrogens (tertiary/aromatic N) is 1. The molecule has 4 heteroatoms. The molecule has 0 radical (unpaired) electrons. The Morgan fingerprint density at radius 2 is 2.08 bits per heavy atom. The Morgan fingerprint density at radius 3 is 2.54 bits per heavy atom. The van der Waals surface area contributed by atoms with Gasteiger partial charge in [0.1, 0.15) is 6.54 Å². The molecule has 4 nitrogen and oxygen atoms in total. The Bertz CT molecular complexity index is 392. The maximum absolute atomic E-state index is 11.3. The van der Waals surface area contributed by atoms with Crippen molar-refractivity contribution in [3.63, 3.8) is 0 Å². The van der Waals surface area contributed by atoms with Gasteiger partial charge >= 0.3 is 5.97 Å². The van der Waals surface area contributed by atoms with Gasteiger partial charge < -0.3 is 9.67 Å². The number of hydrogen-bond acceptors (Lipinski definition) is 2. The number of aryl methyl sites for hydroxylation is 2. The number of aromatic nitrogens is 1. The zero-order chi connectivity index (χ0) is 10.0. The van der Waals surface area contributed by atoms with Crippen LogP contribution in [0.15, 0.2) is 16.9 Å². The average Bonchev–Trinajstić information content (AvgIpc) is 1.96. The third-order valence-electron chi connectivity index (χ3n) is 1.77. The van der Waals surface area contributed by atoms with Crippen LogP contribution in [0.2, 0.25) is 0 Å². The fourth-order valence-corrected chi connectivity index (χ4v) is 1.23. The van der Waals surface area contributed by atoms with Gasteiger partial charge in [0.05, 0.1) is 0 Å². The van der Waals surface area contributed by atoms with Crippen LogP contribution in [-0.2, 0) is 11.3 Å². The Morgan fingerprint density at radius 1 is 1.46 bits per heavy atom. The lowest BCUT2D eigenvalue weighted by atomic mass is 10.2. The van der Waals surface area contributed by atoms with Gasteiger partial charge in [0.15, 0.2) is 0 Å². The topological polar surface area (TPSA) is 59.3 Å². The van der Waals surface area contributed by atoms with Crippen molar-refractivity contribution >= 4 is 5.97 Å². The average molecular weight is 181 g/mol. The highest BCUT2D eigenvalue weighted by Crippen LogP contribution is 1.98. The summed E-state index contributed by atoms with van der Waals surface area (Å²) in [4.78, 5) is 21.7. The van der Waals surface area contributed by atoms with E-state index in [2.05, 4.69) is 0 Å². The molecule has 70 valence electrons. The number of pyridine rings is 1. The fourth-order valence-electron chi connectivity index (χ4n) is 1.23. The highest BCUT2D eigenvalue weighted by atomic mass is 16.4. The van der Waals surface area contributed by atoms with Gasteiger partial charge in [-0.25, -0.2) is 0 Å². The molecular formula is C9H11NO3. The van der Waals surface area contributed by atoms with Crippen molar-refractivity contribution in [3.05, 3.63) is 33.7 Å². The molecule has 0 fully saturated rings. The van der Waals surface area contributed by atoms with E-state index >= 15 is 0 Å². The Hall–Kier alpha value is -1.58. The molecule has 0 amide bonds. The quantitative estimate of drug-likeness (QED) is 0.724. The molecule has 0 aliphatic rings. The van der Waals surface area contributed by atoms with Crippen LogP contribution in [0.1, 0.15) is 11.3 Å². The third-order valence-corrected chi connectivity index (χ3v) is 1.77. The van der Waals surface area contributed by atoms with Crippen LogP contribution in [0.3, 0.4) is 0 Å². The zero-order valence-electron chi connectivity index (χ0n) is 7.57. The third kappa shape index (κ3) is 2.18. The van der Waals surface area contributed by atoms with E-state index < -0.39 is 5.97 Å². The van der Waals surface area contributed by atoms with Crippen LogP contribution < -0.4 is 5.56 Å². The van der Waals surface area contributed by atoms with Crippen LogP contribution in [0, 0.1) is 13.8 Å². The van der Waals surface area contributed by atoms with E-state index in [4.69, 9.17) is 5.11 Å². The van der Waals surface area contributed by atoms with Gasteiger partial charge in [-0.2, -0.15) is 0 Å². The minimum atomic E-state index is -1.01. The van der Waals surface area contributed by atoms with Crippen molar-refractivity contribution in [2.24, 2.45) is 0 Å². The number of carboxylic acids is 1. The van der Waals surface area contributed by atoms with Crippen LogP contribution in [0.5, 0.6) is 0 Å². The van der Waals surface area contributed by atoms with Crippen LogP contribution >= 0.6 is 0 Å². The molecule has 0 aliphatic heterocycles. The normalized spacial score (nSPS) is 10.0. The predicted molar refractivity (Wildman–Crippen MR) is 47.8 cm³/mol. The minimum absolute atomic E-state index is 0.264. The molecule has 1 heterocycles. The molecule has 0 bridgehead atoms. The standard InChI is InChI=1S/C9H11NO3/c1-6-3-7(2)10(5-9(12)13)8(11)4-6/h3-4H,5H2,1-2H3,(H,12,13). The number of rotatable bonds is 2. The first kappa shape index (κ1) is 9.51. The van der Waals surface area contributed by atoms with Gasteiger partial charge in [0.2, 0.25) is 0 Å². The lowest BCUT2D eigenvalue weighted by Gasteiger charge is -2.06. The van der Waals surface area contributed by atoms with Crippen molar-refractivity contribution in [2.75, 3.05) is 0 Å². The molecule has 13 heavy (non-hydrogen) atoms. The number of aliphatic carboxylic acids is 1. The van der Waals surface area contributed by atoms with Crippen molar-refractivity contribution in [1.82, 2.24) is 4.57 Å². The predicted octanol–water partition coefficient (Wildman–Crippen LogP) is 0.550. The summed E-state index contributed by atoms with van der Waals surface area (Å²) in [6.07, 6.45) is 0. The van der Waals surface area contributed by atoms with Gasteiger partial charge in [0, 0.05) is 11.8 Å². The summed E-state index contributed by atoms with van der Waals surface area (Å²) < 4.78 is 1.23. The summed E-state index contributed by atoms with van der Waals surface area (Å²) >= 11 is 0. The summed E-state index contributed by atoms with van der Waals surface area (Å²) in [7, 11) is 0. The van der Waals surface area contributed by atoms with Gasteiger partial charge in [-0.1, -0.05) is 0 Å². The maximum atomic E-state index is 11.3. The molecule has 1 rings (SSSR count). The Balaban J connectivity index is 3.21. The summed E-state index contributed by atoms with van der Waals surface area (Å²) in [5, 5.41) is 8.53. The van der Waals surface area contributed by atoms with E-state index in [1.807, 2.05) is 0 Å². The SMILES string of the molecule is Cc1cc(C)n(CC(=O)O)c(=O)c1.